The molecule has 1 heterocycles. The molecule has 5 nitrogen and oxygen atoms in total. The number of alkyl carbamates (subject to hydrolysis) is 1. The van der Waals surface area contributed by atoms with Crippen molar-refractivity contribution < 1.29 is 23.1 Å². The van der Waals surface area contributed by atoms with Crippen molar-refractivity contribution in [2.24, 2.45) is 0 Å². The number of hydrogen-bond acceptors (Lipinski definition) is 4. The predicted octanol–water partition coefficient (Wildman–Crippen LogP) is 4.11. The average molecular weight is 347 g/mol. The van der Waals surface area contributed by atoms with E-state index in [-0.39, 0.29) is 30.3 Å². The number of rotatable bonds is 6. The van der Waals surface area contributed by atoms with Crippen LogP contribution in [0, 0.1) is 5.82 Å². The summed E-state index contributed by atoms with van der Waals surface area (Å²) >= 11 is 0. The van der Waals surface area contributed by atoms with E-state index in [0.717, 1.165) is 5.56 Å². The van der Waals surface area contributed by atoms with Gasteiger partial charge >= 0.3 is 6.09 Å². The van der Waals surface area contributed by atoms with Crippen molar-refractivity contribution in [1.29, 1.82) is 0 Å². The van der Waals surface area contributed by atoms with Crippen molar-refractivity contribution >= 4 is 11.9 Å². The van der Waals surface area contributed by atoms with Crippen LogP contribution in [0.1, 0.15) is 49.1 Å². The summed E-state index contributed by atoms with van der Waals surface area (Å²) < 4.78 is 23.5. The minimum Gasteiger partial charge on any atom is -0.458 e. The molecule has 134 valence electrons. The van der Waals surface area contributed by atoms with Gasteiger partial charge < -0.3 is 14.5 Å². The molecule has 0 fully saturated rings. The monoisotopic (exact) mass is 347 g/mol. The van der Waals surface area contributed by atoms with Gasteiger partial charge in [-0.2, -0.15) is 0 Å². The molecule has 0 aliphatic rings. The molecule has 1 aromatic carbocycles. The van der Waals surface area contributed by atoms with Gasteiger partial charge in [0.25, 0.3) is 0 Å². The second-order valence-electron chi connectivity index (χ2n) is 6.67. The van der Waals surface area contributed by atoms with E-state index in [2.05, 4.69) is 5.32 Å². The molecule has 6 heteroatoms. The van der Waals surface area contributed by atoms with Crippen molar-refractivity contribution in [2.75, 3.05) is 6.54 Å². The highest BCUT2D eigenvalue weighted by molar-refractivity contribution is 5.93. The largest absolute Gasteiger partial charge is 0.458 e. The van der Waals surface area contributed by atoms with Crippen LogP contribution in [0.15, 0.2) is 40.8 Å². The molecule has 0 atom stereocenters. The van der Waals surface area contributed by atoms with E-state index in [9.17, 15) is 14.0 Å². The Morgan fingerprint density at radius 3 is 2.44 bits per heavy atom. The lowest BCUT2D eigenvalue weighted by atomic mass is 10.1. The topological polar surface area (TPSA) is 68.5 Å². The number of amides is 1. The molecule has 1 aromatic heterocycles. The van der Waals surface area contributed by atoms with E-state index in [1.54, 1.807) is 45.0 Å². The van der Waals surface area contributed by atoms with Crippen LogP contribution in [0.5, 0.6) is 0 Å². The molecule has 25 heavy (non-hydrogen) atoms. The maximum Gasteiger partial charge on any atom is 0.407 e. The Bertz CT molecular complexity index is 729. The quantitative estimate of drug-likeness (QED) is 0.799. The second kappa shape index (κ2) is 7.96. The minimum absolute atomic E-state index is 0.114. The number of nitrogens with one attached hydrogen (secondary N) is 1. The Kier molecular flexibility index (Phi) is 5.96. The summed E-state index contributed by atoms with van der Waals surface area (Å²) in [7, 11) is 0. The molecular formula is C19H22FNO4. The number of carbonyl (C=O) groups excluding carboxylic acids is 2. The van der Waals surface area contributed by atoms with E-state index in [0.29, 0.717) is 12.2 Å². The Balaban J connectivity index is 1.82. The Morgan fingerprint density at radius 1 is 1.12 bits per heavy atom. The van der Waals surface area contributed by atoms with Crippen LogP contribution in [0.3, 0.4) is 0 Å². The number of halogens is 1. The van der Waals surface area contributed by atoms with Crippen LogP contribution >= 0.6 is 0 Å². The Hall–Kier alpha value is -2.63. The van der Waals surface area contributed by atoms with Crippen LogP contribution in [0.4, 0.5) is 9.18 Å². The summed E-state index contributed by atoms with van der Waals surface area (Å²) in [5, 5.41) is 2.53. The van der Waals surface area contributed by atoms with Crippen molar-refractivity contribution in [3.05, 3.63) is 59.3 Å². The van der Waals surface area contributed by atoms with E-state index in [1.165, 1.54) is 12.1 Å². The van der Waals surface area contributed by atoms with Crippen LogP contribution in [-0.4, -0.2) is 24.0 Å². The normalized spacial score (nSPS) is 11.2. The minimum atomic E-state index is -0.579. The predicted molar refractivity (Wildman–Crippen MR) is 91.1 cm³/mol. The first-order valence-corrected chi connectivity index (χ1v) is 8.06. The van der Waals surface area contributed by atoms with Gasteiger partial charge in [0.15, 0.2) is 11.5 Å². The molecule has 0 aliphatic heterocycles. The highest BCUT2D eigenvalue weighted by atomic mass is 19.1. The lowest BCUT2D eigenvalue weighted by Crippen LogP contribution is -2.33. The van der Waals surface area contributed by atoms with Crippen LogP contribution in [0.25, 0.3) is 0 Å². The summed E-state index contributed by atoms with van der Waals surface area (Å²) in [6, 6.07) is 9.43. The smallest absolute Gasteiger partial charge is 0.407 e. The van der Waals surface area contributed by atoms with Gasteiger partial charge in [-0.3, -0.25) is 4.79 Å². The molecule has 1 N–H and O–H groups in total. The van der Waals surface area contributed by atoms with Gasteiger partial charge in [0.05, 0.1) is 0 Å². The third kappa shape index (κ3) is 6.41. The summed E-state index contributed by atoms with van der Waals surface area (Å²) in [6.45, 7) is 5.47. The van der Waals surface area contributed by atoms with Crippen LogP contribution in [0.2, 0.25) is 0 Å². The first kappa shape index (κ1) is 18.7. The van der Waals surface area contributed by atoms with Gasteiger partial charge in [0.1, 0.15) is 17.2 Å². The zero-order valence-electron chi connectivity index (χ0n) is 14.6. The molecule has 0 aliphatic carbocycles. The lowest BCUT2D eigenvalue weighted by molar-refractivity contribution is 0.0527. The first-order valence-electron chi connectivity index (χ1n) is 8.06. The second-order valence-corrected chi connectivity index (χ2v) is 6.67. The highest BCUT2D eigenvalue weighted by Gasteiger charge is 2.17. The van der Waals surface area contributed by atoms with Crippen molar-refractivity contribution in [3.8, 4) is 0 Å². The fraction of sp³-hybridized carbons (Fsp3) is 0.368. The number of ketones is 1. The van der Waals surface area contributed by atoms with Gasteiger partial charge in [-0.15, -0.1) is 0 Å². The van der Waals surface area contributed by atoms with E-state index in [4.69, 9.17) is 9.15 Å². The molecule has 2 rings (SSSR count). The van der Waals surface area contributed by atoms with Crippen molar-refractivity contribution in [2.45, 2.75) is 39.2 Å². The van der Waals surface area contributed by atoms with E-state index >= 15 is 0 Å². The molecule has 0 saturated heterocycles. The maximum absolute atomic E-state index is 12.9. The SMILES string of the molecule is CC(C)(C)OC(=O)NCCC(=O)c1ccc(Cc2ccc(F)cc2)o1. The third-order valence-corrected chi connectivity index (χ3v) is 3.25. The number of Topliss-reactive ketones (excluding diaryl/α,β-unsaturated/α-hetero) is 1. The lowest BCUT2D eigenvalue weighted by Gasteiger charge is -2.19. The average Bonchev–Trinajstić information content (AvgIpc) is 2.96. The van der Waals surface area contributed by atoms with Crippen LogP contribution < -0.4 is 5.32 Å². The summed E-state index contributed by atoms with van der Waals surface area (Å²) in [5.74, 6) is 0.358. The summed E-state index contributed by atoms with van der Waals surface area (Å²) in [4.78, 5) is 23.6. The van der Waals surface area contributed by atoms with Gasteiger partial charge in [-0.1, -0.05) is 12.1 Å². The maximum atomic E-state index is 12.9. The van der Waals surface area contributed by atoms with Gasteiger partial charge in [-0.25, -0.2) is 9.18 Å². The standard InChI is InChI=1S/C19H22FNO4/c1-19(2,3)25-18(23)21-11-10-16(22)17-9-8-15(24-17)12-13-4-6-14(20)7-5-13/h4-9H,10-12H2,1-3H3,(H,21,23). The third-order valence-electron chi connectivity index (χ3n) is 3.25. The van der Waals surface area contributed by atoms with E-state index in [1.807, 2.05) is 0 Å². The highest BCUT2D eigenvalue weighted by Crippen LogP contribution is 2.15. The molecule has 0 bridgehead atoms. The molecule has 0 saturated carbocycles. The first-order chi connectivity index (χ1) is 11.7. The zero-order chi connectivity index (χ0) is 18.4. The number of ether oxygens (including phenoxy) is 1. The van der Waals surface area contributed by atoms with Gasteiger partial charge in [0, 0.05) is 19.4 Å². The molecule has 0 unspecified atom stereocenters. The van der Waals surface area contributed by atoms with E-state index < -0.39 is 11.7 Å². The van der Waals surface area contributed by atoms with Crippen LogP contribution in [-0.2, 0) is 11.2 Å². The Morgan fingerprint density at radius 2 is 1.80 bits per heavy atom. The van der Waals surface area contributed by atoms with Gasteiger partial charge in [-0.05, 0) is 50.6 Å². The zero-order valence-corrected chi connectivity index (χ0v) is 14.6. The summed E-state index contributed by atoms with van der Waals surface area (Å²) in [6.07, 6.45) is 0.0312. The fourth-order valence-corrected chi connectivity index (χ4v) is 2.14. The number of furan rings is 1. The number of carbonyl (C=O) groups is 2. The number of hydrogen-bond donors (Lipinski definition) is 1. The molecule has 1 amide bonds. The molecule has 0 spiro atoms. The van der Waals surface area contributed by atoms with Crippen molar-refractivity contribution in [1.82, 2.24) is 5.32 Å². The summed E-state index contributed by atoms with van der Waals surface area (Å²) in [5.41, 5.74) is 0.311. The number of benzene rings is 1. The van der Waals surface area contributed by atoms with Gasteiger partial charge in [0.2, 0.25) is 0 Å². The van der Waals surface area contributed by atoms with Crippen molar-refractivity contribution in [3.63, 3.8) is 0 Å². The molecular weight excluding hydrogens is 325 g/mol. The Labute approximate surface area is 146 Å². The molecule has 0 radical (unpaired) electrons. The molecule has 2 aromatic rings. The fourth-order valence-electron chi connectivity index (χ4n) is 2.14.